The standard InChI is InChI=1S/C21H19F3N6/c1-3-7-16-27-19-17(14-10-12(2)26-15(11-14)21(22,23)24)18(13-8-5-4-6-9-13)28-20(25)30(19)29-16/h4-6,8-11H,3,7H2,1-2H3,(H2,25,28). The molecule has 1 aromatic carbocycles. The summed E-state index contributed by atoms with van der Waals surface area (Å²) in [6, 6.07) is 11.7. The van der Waals surface area contributed by atoms with Crippen LogP contribution in [0, 0.1) is 6.92 Å². The number of alkyl halides is 3. The molecule has 0 amide bonds. The largest absolute Gasteiger partial charge is 0.433 e. The minimum atomic E-state index is -4.58. The number of halogens is 3. The highest BCUT2D eigenvalue weighted by Crippen LogP contribution is 2.37. The van der Waals surface area contributed by atoms with Crippen molar-refractivity contribution in [3.8, 4) is 22.4 Å². The molecule has 3 aromatic heterocycles. The van der Waals surface area contributed by atoms with Crippen LogP contribution in [0.4, 0.5) is 19.1 Å². The van der Waals surface area contributed by atoms with Crippen molar-refractivity contribution < 1.29 is 13.2 Å². The van der Waals surface area contributed by atoms with Crippen molar-refractivity contribution in [3.63, 3.8) is 0 Å². The number of pyridine rings is 1. The molecule has 0 atom stereocenters. The van der Waals surface area contributed by atoms with Crippen LogP contribution in [0.25, 0.3) is 28.0 Å². The van der Waals surface area contributed by atoms with Gasteiger partial charge in [0.2, 0.25) is 5.95 Å². The summed E-state index contributed by atoms with van der Waals surface area (Å²) >= 11 is 0. The predicted molar refractivity (Wildman–Crippen MR) is 108 cm³/mol. The van der Waals surface area contributed by atoms with Gasteiger partial charge in [-0.25, -0.2) is 15.0 Å². The molecule has 0 fully saturated rings. The molecule has 154 valence electrons. The van der Waals surface area contributed by atoms with Gasteiger partial charge in [0, 0.05) is 17.7 Å². The molecule has 9 heteroatoms. The van der Waals surface area contributed by atoms with E-state index in [4.69, 9.17) is 5.73 Å². The van der Waals surface area contributed by atoms with Crippen LogP contribution in [0.1, 0.15) is 30.6 Å². The van der Waals surface area contributed by atoms with Crippen molar-refractivity contribution in [1.82, 2.24) is 24.6 Å². The molecule has 4 aromatic rings. The lowest BCUT2D eigenvalue weighted by Crippen LogP contribution is -2.10. The maximum Gasteiger partial charge on any atom is 0.433 e. The number of fused-ring (bicyclic) bond motifs is 1. The molecule has 0 unspecified atom stereocenters. The molecule has 0 bridgehead atoms. The Labute approximate surface area is 170 Å². The van der Waals surface area contributed by atoms with Gasteiger partial charge in [-0.3, -0.25) is 0 Å². The first-order valence-corrected chi connectivity index (χ1v) is 9.44. The van der Waals surface area contributed by atoms with Crippen LogP contribution in [0.15, 0.2) is 42.5 Å². The van der Waals surface area contributed by atoms with Crippen LogP contribution in [-0.2, 0) is 12.6 Å². The molecule has 30 heavy (non-hydrogen) atoms. The fourth-order valence-corrected chi connectivity index (χ4v) is 3.36. The SMILES string of the molecule is CCCc1nc2c(-c3cc(C)nc(C(F)(F)F)c3)c(-c3ccccc3)nc(N)n2n1. The van der Waals surface area contributed by atoms with Gasteiger partial charge in [0.05, 0.1) is 11.3 Å². The predicted octanol–water partition coefficient (Wildman–Crippen LogP) is 4.72. The van der Waals surface area contributed by atoms with Gasteiger partial charge in [0.1, 0.15) is 5.69 Å². The molecule has 0 radical (unpaired) electrons. The van der Waals surface area contributed by atoms with Crippen molar-refractivity contribution >= 4 is 11.6 Å². The lowest BCUT2D eigenvalue weighted by molar-refractivity contribution is -0.141. The Balaban J connectivity index is 2.09. The van der Waals surface area contributed by atoms with E-state index in [-0.39, 0.29) is 11.6 Å². The Morgan fingerprint density at radius 1 is 1.00 bits per heavy atom. The Morgan fingerprint density at radius 3 is 2.40 bits per heavy atom. The Bertz CT molecular complexity index is 1220. The number of nitrogens with two attached hydrogens (primary N) is 1. The lowest BCUT2D eigenvalue weighted by Gasteiger charge is -2.14. The summed E-state index contributed by atoms with van der Waals surface area (Å²) in [5, 5.41) is 4.40. The smallest absolute Gasteiger partial charge is 0.368 e. The molecule has 0 spiro atoms. The minimum Gasteiger partial charge on any atom is -0.368 e. The molecule has 4 rings (SSSR count). The third-order valence-corrected chi connectivity index (χ3v) is 4.61. The number of hydrogen-bond donors (Lipinski definition) is 1. The highest BCUT2D eigenvalue weighted by atomic mass is 19.4. The molecule has 0 aliphatic heterocycles. The minimum absolute atomic E-state index is 0.115. The summed E-state index contributed by atoms with van der Waals surface area (Å²) < 4.78 is 41.7. The first-order chi connectivity index (χ1) is 14.3. The normalized spacial score (nSPS) is 11.9. The monoisotopic (exact) mass is 412 g/mol. The molecule has 6 nitrogen and oxygen atoms in total. The Kier molecular flexibility index (Phi) is 4.89. The van der Waals surface area contributed by atoms with Crippen LogP contribution in [0.2, 0.25) is 0 Å². The summed E-state index contributed by atoms with van der Waals surface area (Å²) in [6.07, 6.45) is -3.14. The quantitative estimate of drug-likeness (QED) is 0.525. The van der Waals surface area contributed by atoms with Crippen molar-refractivity contribution in [1.29, 1.82) is 0 Å². The van der Waals surface area contributed by atoms with Gasteiger partial charge in [0.25, 0.3) is 0 Å². The van der Waals surface area contributed by atoms with E-state index in [0.717, 1.165) is 12.5 Å². The molecule has 0 aliphatic rings. The van der Waals surface area contributed by atoms with Gasteiger partial charge >= 0.3 is 6.18 Å². The maximum absolute atomic E-state index is 13.4. The van der Waals surface area contributed by atoms with Crippen molar-refractivity contribution in [2.45, 2.75) is 32.9 Å². The zero-order valence-corrected chi connectivity index (χ0v) is 16.4. The fraction of sp³-hybridized carbons (Fsp3) is 0.238. The Hall–Kier alpha value is -3.49. The average Bonchev–Trinajstić information content (AvgIpc) is 3.12. The van der Waals surface area contributed by atoms with Gasteiger partial charge in [0.15, 0.2) is 11.5 Å². The second-order valence-electron chi connectivity index (χ2n) is 6.95. The number of aromatic nitrogens is 5. The Morgan fingerprint density at radius 2 is 1.73 bits per heavy atom. The number of nitrogens with zero attached hydrogens (tertiary/aromatic N) is 5. The third kappa shape index (κ3) is 3.58. The summed E-state index contributed by atoms with van der Waals surface area (Å²) in [4.78, 5) is 12.7. The van der Waals surface area contributed by atoms with Crippen LogP contribution >= 0.6 is 0 Å². The van der Waals surface area contributed by atoms with Crippen molar-refractivity contribution in [3.05, 3.63) is 59.7 Å². The van der Waals surface area contributed by atoms with Gasteiger partial charge < -0.3 is 5.73 Å². The molecule has 0 aliphatic carbocycles. The average molecular weight is 412 g/mol. The van der Waals surface area contributed by atoms with E-state index in [2.05, 4.69) is 20.1 Å². The molecule has 2 N–H and O–H groups in total. The van der Waals surface area contributed by atoms with Crippen LogP contribution < -0.4 is 5.73 Å². The first kappa shape index (κ1) is 19.8. The number of aryl methyl sites for hydroxylation is 2. The molecule has 3 heterocycles. The van der Waals surface area contributed by atoms with E-state index in [0.29, 0.717) is 40.3 Å². The fourth-order valence-electron chi connectivity index (χ4n) is 3.36. The van der Waals surface area contributed by atoms with E-state index < -0.39 is 11.9 Å². The number of rotatable bonds is 4. The van der Waals surface area contributed by atoms with Gasteiger partial charge in [-0.1, -0.05) is 37.3 Å². The van der Waals surface area contributed by atoms with E-state index in [1.54, 1.807) is 6.07 Å². The third-order valence-electron chi connectivity index (χ3n) is 4.61. The highest BCUT2D eigenvalue weighted by molar-refractivity contribution is 5.90. The van der Waals surface area contributed by atoms with Crippen LogP contribution in [-0.4, -0.2) is 24.6 Å². The summed E-state index contributed by atoms with van der Waals surface area (Å²) in [5.41, 5.74) is 7.66. The number of anilines is 1. The first-order valence-electron chi connectivity index (χ1n) is 9.44. The van der Waals surface area contributed by atoms with E-state index in [9.17, 15) is 13.2 Å². The van der Waals surface area contributed by atoms with Crippen LogP contribution in [0.3, 0.4) is 0 Å². The van der Waals surface area contributed by atoms with E-state index in [1.165, 1.54) is 11.4 Å². The zero-order chi connectivity index (χ0) is 21.5. The summed E-state index contributed by atoms with van der Waals surface area (Å²) in [7, 11) is 0. The molecule has 0 saturated heterocycles. The second kappa shape index (κ2) is 7.40. The molecule has 0 saturated carbocycles. The highest BCUT2D eigenvalue weighted by Gasteiger charge is 2.33. The summed E-state index contributed by atoms with van der Waals surface area (Å²) in [6.45, 7) is 3.51. The lowest BCUT2D eigenvalue weighted by atomic mass is 9.99. The van der Waals surface area contributed by atoms with Gasteiger partial charge in [-0.15, -0.1) is 5.10 Å². The number of hydrogen-bond acceptors (Lipinski definition) is 5. The van der Waals surface area contributed by atoms with Crippen molar-refractivity contribution in [2.75, 3.05) is 5.73 Å². The molecular formula is C21H19F3N6. The maximum atomic E-state index is 13.4. The zero-order valence-electron chi connectivity index (χ0n) is 16.4. The van der Waals surface area contributed by atoms with Gasteiger partial charge in [-0.05, 0) is 31.0 Å². The summed E-state index contributed by atoms with van der Waals surface area (Å²) in [5.74, 6) is 0.670. The van der Waals surface area contributed by atoms with E-state index >= 15 is 0 Å². The topological polar surface area (TPSA) is 82.0 Å². The van der Waals surface area contributed by atoms with Crippen LogP contribution in [0.5, 0.6) is 0 Å². The van der Waals surface area contributed by atoms with Gasteiger partial charge in [-0.2, -0.15) is 17.7 Å². The molecular weight excluding hydrogens is 393 g/mol. The number of nitrogen functional groups attached to an aromatic ring is 1. The second-order valence-corrected chi connectivity index (χ2v) is 6.95. The van der Waals surface area contributed by atoms with Crippen molar-refractivity contribution in [2.24, 2.45) is 0 Å². The van der Waals surface area contributed by atoms with E-state index in [1.807, 2.05) is 37.3 Å². The number of benzene rings is 1.